The standard InChI is InChI=1S/C19H22N8/c1-14-5-6-27(24-14)18-12-17(20-13-21-18)25-7-9-26(10-8-25)19-11-15-3-2-4-16(15)22-23-19/h5-6,11-13H,2-4,7-10H2,1H3. The lowest BCUT2D eigenvalue weighted by Crippen LogP contribution is -2.47. The van der Waals surface area contributed by atoms with Gasteiger partial charge in [-0.25, -0.2) is 14.6 Å². The van der Waals surface area contributed by atoms with E-state index in [0.717, 1.165) is 62.2 Å². The maximum absolute atomic E-state index is 4.47. The van der Waals surface area contributed by atoms with Crippen molar-refractivity contribution in [2.45, 2.75) is 26.2 Å². The Morgan fingerprint density at radius 3 is 2.41 bits per heavy atom. The number of anilines is 2. The maximum Gasteiger partial charge on any atom is 0.158 e. The molecule has 3 aromatic heterocycles. The number of aromatic nitrogens is 6. The zero-order valence-electron chi connectivity index (χ0n) is 15.4. The third kappa shape index (κ3) is 3.11. The molecule has 0 saturated carbocycles. The highest BCUT2D eigenvalue weighted by Crippen LogP contribution is 2.24. The monoisotopic (exact) mass is 362 g/mol. The lowest BCUT2D eigenvalue weighted by molar-refractivity contribution is 0.635. The van der Waals surface area contributed by atoms with Crippen molar-refractivity contribution in [3.05, 3.63) is 47.7 Å². The molecule has 1 aliphatic carbocycles. The Hall–Kier alpha value is -3.03. The fourth-order valence-corrected chi connectivity index (χ4v) is 3.81. The van der Waals surface area contributed by atoms with Crippen molar-refractivity contribution in [1.82, 2.24) is 29.9 Å². The Morgan fingerprint density at radius 2 is 1.63 bits per heavy atom. The van der Waals surface area contributed by atoms with E-state index in [4.69, 9.17) is 0 Å². The van der Waals surface area contributed by atoms with Crippen molar-refractivity contribution >= 4 is 11.6 Å². The topological polar surface area (TPSA) is 75.9 Å². The average molecular weight is 362 g/mol. The number of hydrogen-bond donors (Lipinski definition) is 0. The number of hydrogen-bond acceptors (Lipinski definition) is 7. The lowest BCUT2D eigenvalue weighted by Gasteiger charge is -2.35. The Labute approximate surface area is 157 Å². The van der Waals surface area contributed by atoms with E-state index < -0.39 is 0 Å². The molecule has 1 fully saturated rings. The first-order valence-electron chi connectivity index (χ1n) is 9.46. The largest absolute Gasteiger partial charge is 0.353 e. The van der Waals surface area contributed by atoms with Crippen LogP contribution in [0.15, 0.2) is 30.7 Å². The fourth-order valence-electron chi connectivity index (χ4n) is 3.81. The first kappa shape index (κ1) is 16.2. The van der Waals surface area contributed by atoms with Gasteiger partial charge in [0.05, 0.1) is 11.4 Å². The third-order valence-electron chi connectivity index (χ3n) is 5.33. The van der Waals surface area contributed by atoms with Crippen LogP contribution in [0.1, 0.15) is 23.4 Å². The molecule has 0 atom stereocenters. The van der Waals surface area contributed by atoms with Crippen molar-refractivity contribution in [3.8, 4) is 5.82 Å². The summed E-state index contributed by atoms with van der Waals surface area (Å²) in [4.78, 5) is 13.4. The van der Waals surface area contributed by atoms with E-state index in [9.17, 15) is 0 Å². The highest BCUT2D eigenvalue weighted by Gasteiger charge is 2.22. The van der Waals surface area contributed by atoms with Crippen LogP contribution in [0.25, 0.3) is 5.82 Å². The van der Waals surface area contributed by atoms with E-state index in [1.54, 1.807) is 11.0 Å². The summed E-state index contributed by atoms with van der Waals surface area (Å²) in [5.74, 6) is 2.73. The highest BCUT2D eigenvalue weighted by atomic mass is 15.3. The highest BCUT2D eigenvalue weighted by molar-refractivity contribution is 5.48. The summed E-state index contributed by atoms with van der Waals surface area (Å²) in [5.41, 5.74) is 3.52. The van der Waals surface area contributed by atoms with Crippen molar-refractivity contribution in [3.63, 3.8) is 0 Å². The molecule has 0 bridgehead atoms. The summed E-state index contributed by atoms with van der Waals surface area (Å²) in [5, 5.41) is 13.3. The van der Waals surface area contributed by atoms with Crippen LogP contribution in [0.3, 0.4) is 0 Å². The SMILES string of the molecule is Cc1ccn(-c2cc(N3CCN(c4cc5c(nn4)CCC5)CC3)ncn2)n1. The summed E-state index contributed by atoms with van der Waals surface area (Å²) >= 11 is 0. The van der Waals surface area contributed by atoms with Crippen molar-refractivity contribution < 1.29 is 0 Å². The zero-order valence-corrected chi connectivity index (χ0v) is 15.4. The van der Waals surface area contributed by atoms with Gasteiger partial charge in [0, 0.05) is 38.4 Å². The van der Waals surface area contributed by atoms with Gasteiger partial charge in [0.2, 0.25) is 0 Å². The first-order chi connectivity index (χ1) is 13.3. The Morgan fingerprint density at radius 1 is 0.852 bits per heavy atom. The van der Waals surface area contributed by atoms with Gasteiger partial charge in [0.15, 0.2) is 11.6 Å². The molecule has 0 aromatic carbocycles. The lowest BCUT2D eigenvalue weighted by atomic mass is 10.2. The van der Waals surface area contributed by atoms with Gasteiger partial charge < -0.3 is 9.80 Å². The van der Waals surface area contributed by atoms with Crippen LogP contribution >= 0.6 is 0 Å². The van der Waals surface area contributed by atoms with Gasteiger partial charge in [-0.15, -0.1) is 5.10 Å². The normalized spacial score (nSPS) is 16.6. The second-order valence-corrected chi connectivity index (χ2v) is 7.14. The third-order valence-corrected chi connectivity index (χ3v) is 5.33. The van der Waals surface area contributed by atoms with Gasteiger partial charge in [0.1, 0.15) is 12.1 Å². The van der Waals surface area contributed by atoms with Gasteiger partial charge in [-0.05, 0) is 43.9 Å². The average Bonchev–Trinajstić information content (AvgIpc) is 3.36. The van der Waals surface area contributed by atoms with Crippen LogP contribution in [0.4, 0.5) is 11.6 Å². The van der Waals surface area contributed by atoms with Crippen LogP contribution in [0.2, 0.25) is 0 Å². The molecule has 138 valence electrons. The van der Waals surface area contributed by atoms with Crippen LogP contribution in [0, 0.1) is 6.92 Å². The minimum absolute atomic E-state index is 0.792. The second-order valence-electron chi connectivity index (χ2n) is 7.14. The van der Waals surface area contributed by atoms with Gasteiger partial charge in [-0.2, -0.15) is 10.2 Å². The van der Waals surface area contributed by atoms with E-state index >= 15 is 0 Å². The predicted octanol–water partition coefficient (Wildman–Crippen LogP) is 1.58. The molecular formula is C19H22N8. The Balaban J connectivity index is 1.29. The quantitative estimate of drug-likeness (QED) is 0.700. The van der Waals surface area contributed by atoms with Crippen molar-refractivity contribution in [1.29, 1.82) is 0 Å². The molecule has 27 heavy (non-hydrogen) atoms. The van der Waals surface area contributed by atoms with Gasteiger partial charge in [-0.3, -0.25) is 0 Å². The molecule has 0 amide bonds. The van der Waals surface area contributed by atoms with E-state index in [-0.39, 0.29) is 0 Å². The minimum Gasteiger partial charge on any atom is -0.353 e. The Bertz CT molecular complexity index is 958. The number of rotatable bonds is 3. The predicted molar refractivity (Wildman–Crippen MR) is 102 cm³/mol. The molecule has 0 spiro atoms. The molecule has 5 rings (SSSR count). The number of aryl methyl sites for hydroxylation is 3. The van der Waals surface area contributed by atoms with Gasteiger partial charge >= 0.3 is 0 Å². The minimum atomic E-state index is 0.792. The first-order valence-corrected chi connectivity index (χ1v) is 9.46. The fraction of sp³-hybridized carbons (Fsp3) is 0.421. The number of fused-ring (bicyclic) bond motifs is 1. The van der Waals surface area contributed by atoms with Crippen molar-refractivity contribution in [2.24, 2.45) is 0 Å². The molecule has 8 nitrogen and oxygen atoms in total. The summed E-state index contributed by atoms with van der Waals surface area (Å²) in [6.07, 6.45) is 6.94. The summed E-state index contributed by atoms with van der Waals surface area (Å²) in [6, 6.07) is 6.20. The summed E-state index contributed by atoms with van der Waals surface area (Å²) < 4.78 is 1.79. The molecule has 0 unspecified atom stereocenters. The molecule has 8 heteroatoms. The molecule has 2 aliphatic rings. The van der Waals surface area contributed by atoms with E-state index in [1.165, 1.54) is 17.7 Å². The molecule has 1 saturated heterocycles. The van der Waals surface area contributed by atoms with E-state index in [0.29, 0.717) is 0 Å². The number of piperazine rings is 1. The Kier molecular flexibility index (Phi) is 3.95. The molecule has 3 aromatic rings. The molecule has 4 heterocycles. The van der Waals surface area contributed by atoms with E-state index in [2.05, 4.69) is 41.1 Å². The van der Waals surface area contributed by atoms with Gasteiger partial charge in [0.25, 0.3) is 0 Å². The summed E-state index contributed by atoms with van der Waals surface area (Å²) in [7, 11) is 0. The molecular weight excluding hydrogens is 340 g/mol. The van der Waals surface area contributed by atoms with Crippen LogP contribution in [0.5, 0.6) is 0 Å². The molecule has 0 N–H and O–H groups in total. The maximum atomic E-state index is 4.47. The van der Waals surface area contributed by atoms with Gasteiger partial charge in [-0.1, -0.05) is 0 Å². The molecule has 1 aliphatic heterocycles. The van der Waals surface area contributed by atoms with Crippen LogP contribution < -0.4 is 9.80 Å². The zero-order chi connectivity index (χ0) is 18.2. The summed E-state index contributed by atoms with van der Waals surface area (Å²) in [6.45, 7) is 5.59. The second kappa shape index (κ2) is 6.61. The van der Waals surface area contributed by atoms with Crippen LogP contribution in [-0.2, 0) is 12.8 Å². The van der Waals surface area contributed by atoms with E-state index in [1.807, 2.05) is 25.3 Å². The van der Waals surface area contributed by atoms with Crippen LogP contribution in [-0.4, -0.2) is 56.1 Å². The number of nitrogens with zero attached hydrogens (tertiary/aromatic N) is 8. The van der Waals surface area contributed by atoms with Crippen molar-refractivity contribution in [2.75, 3.05) is 36.0 Å². The smallest absolute Gasteiger partial charge is 0.158 e. The molecule has 0 radical (unpaired) electrons.